The summed E-state index contributed by atoms with van der Waals surface area (Å²) in [7, 11) is -3.80. The standard InChI is InChI=1S/C15H16Br2N2O3S/c1-9-4-5-13(10(2)6-9)23(20,21)22-8-11(3)12-7-14(16)18-19-15(12)17/h4-7,11H,8H2,1-3H3. The molecular formula is C15H16Br2N2O3S. The molecular weight excluding hydrogens is 448 g/mol. The van der Waals surface area contributed by atoms with Gasteiger partial charge in [-0.25, -0.2) is 0 Å². The zero-order valence-corrected chi connectivity index (χ0v) is 16.9. The molecule has 1 atom stereocenters. The maximum atomic E-state index is 12.4. The summed E-state index contributed by atoms with van der Waals surface area (Å²) in [5.41, 5.74) is 2.50. The van der Waals surface area contributed by atoms with Crippen molar-refractivity contribution in [3.63, 3.8) is 0 Å². The van der Waals surface area contributed by atoms with Crippen LogP contribution in [-0.4, -0.2) is 25.2 Å². The Morgan fingerprint density at radius 3 is 2.52 bits per heavy atom. The van der Waals surface area contributed by atoms with Gasteiger partial charge in [-0.15, -0.1) is 10.2 Å². The third-order valence-electron chi connectivity index (χ3n) is 3.35. The van der Waals surface area contributed by atoms with Crippen LogP contribution in [-0.2, 0) is 14.3 Å². The molecule has 0 fully saturated rings. The molecule has 2 aromatic rings. The highest BCUT2D eigenvalue weighted by Gasteiger charge is 2.21. The summed E-state index contributed by atoms with van der Waals surface area (Å²) >= 11 is 6.57. The highest BCUT2D eigenvalue weighted by Crippen LogP contribution is 2.26. The van der Waals surface area contributed by atoms with Crippen molar-refractivity contribution >= 4 is 42.0 Å². The molecule has 5 nitrogen and oxygen atoms in total. The van der Waals surface area contributed by atoms with Crippen LogP contribution in [0.3, 0.4) is 0 Å². The molecule has 1 aromatic carbocycles. The van der Waals surface area contributed by atoms with Crippen LogP contribution >= 0.6 is 31.9 Å². The van der Waals surface area contributed by atoms with E-state index >= 15 is 0 Å². The van der Waals surface area contributed by atoms with Crippen LogP contribution in [0.5, 0.6) is 0 Å². The number of halogens is 2. The minimum absolute atomic E-state index is 0.0202. The molecule has 8 heteroatoms. The van der Waals surface area contributed by atoms with Gasteiger partial charge >= 0.3 is 0 Å². The molecule has 0 radical (unpaired) electrons. The van der Waals surface area contributed by atoms with Crippen LogP contribution in [0.1, 0.15) is 29.5 Å². The van der Waals surface area contributed by atoms with E-state index in [-0.39, 0.29) is 17.4 Å². The normalized spacial score (nSPS) is 13.1. The van der Waals surface area contributed by atoms with E-state index in [1.54, 1.807) is 25.1 Å². The Labute approximate surface area is 152 Å². The van der Waals surface area contributed by atoms with Gasteiger partial charge in [-0.3, -0.25) is 4.18 Å². The van der Waals surface area contributed by atoms with Crippen molar-refractivity contribution < 1.29 is 12.6 Å². The molecule has 1 heterocycles. The predicted molar refractivity (Wildman–Crippen MR) is 94.9 cm³/mol. The van der Waals surface area contributed by atoms with Gasteiger partial charge in [-0.1, -0.05) is 24.6 Å². The Morgan fingerprint density at radius 1 is 1.17 bits per heavy atom. The van der Waals surface area contributed by atoms with Gasteiger partial charge < -0.3 is 0 Å². The molecule has 1 aromatic heterocycles. The van der Waals surface area contributed by atoms with E-state index in [0.29, 0.717) is 14.8 Å². The molecule has 0 amide bonds. The Morgan fingerprint density at radius 2 is 1.87 bits per heavy atom. The van der Waals surface area contributed by atoms with Crippen LogP contribution in [0.2, 0.25) is 0 Å². The molecule has 0 saturated carbocycles. The third-order valence-corrected chi connectivity index (χ3v) is 5.80. The average Bonchev–Trinajstić information content (AvgIpc) is 2.47. The van der Waals surface area contributed by atoms with E-state index in [2.05, 4.69) is 42.1 Å². The molecule has 0 saturated heterocycles. The number of benzene rings is 1. The molecule has 0 N–H and O–H groups in total. The molecule has 124 valence electrons. The number of nitrogens with zero attached hydrogens (tertiary/aromatic N) is 2. The first-order valence-electron chi connectivity index (χ1n) is 6.86. The first-order valence-corrected chi connectivity index (χ1v) is 9.85. The average molecular weight is 464 g/mol. The lowest BCUT2D eigenvalue weighted by molar-refractivity contribution is 0.297. The Hall–Kier alpha value is -0.830. The van der Waals surface area contributed by atoms with Crippen molar-refractivity contribution in [2.45, 2.75) is 31.6 Å². The minimum Gasteiger partial charge on any atom is -0.266 e. The summed E-state index contributed by atoms with van der Waals surface area (Å²) in [5, 5.41) is 7.80. The van der Waals surface area contributed by atoms with Crippen molar-refractivity contribution in [2.24, 2.45) is 0 Å². The van der Waals surface area contributed by atoms with E-state index < -0.39 is 10.1 Å². The van der Waals surface area contributed by atoms with Crippen LogP contribution < -0.4 is 0 Å². The molecule has 0 bridgehead atoms. The molecule has 0 aliphatic heterocycles. The van der Waals surface area contributed by atoms with E-state index in [1.807, 2.05) is 19.9 Å². The van der Waals surface area contributed by atoms with E-state index in [1.165, 1.54) is 0 Å². The summed E-state index contributed by atoms with van der Waals surface area (Å²) < 4.78 is 31.1. The number of hydrogen-bond donors (Lipinski definition) is 0. The highest BCUT2D eigenvalue weighted by atomic mass is 79.9. The van der Waals surface area contributed by atoms with Crippen LogP contribution in [0.25, 0.3) is 0 Å². The van der Waals surface area contributed by atoms with Crippen LogP contribution in [0, 0.1) is 13.8 Å². The highest BCUT2D eigenvalue weighted by molar-refractivity contribution is 9.10. The van der Waals surface area contributed by atoms with Gasteiger partial charge in [0, 0.05) is 5.92 Å². The fraction of sp³-hybridized carbons (Fsp3) is 0.333. The number of aryl methyl sites for hydroxylation is 2. The predicted octanol–water partition coefficient (Wildman–Crippen LogP) is 4.13. The van der Waals surface area contributed by atoms with Gasteiger partial charge in [0.25, 0.3) is 10.1 Å². The molecule has 0 aliphatic carbocycles. The number of rotatable bonds is 5. The largest absolute Gasteiger partial charge is 0.297 e. The first-order chi connectivity index (χ1) is 10.7. The maximum absolute atomic E-state index is 12.4. The second-order valence-electron chi connectivity index (χ2n) is 5.32. The monoisotopic (exact) mass is 462 g/mol. The molecule has 1 unspecified atom stereocenters. The van der Waals surface area contributed by atoms with Gasteiger partial charge in [-0.2, -0.15) is 8.42 Å². The number of hydrogen-bond acceptors (Lipinski definition) is 5. The fourth-order valence-corrected chi connectivity index (χ4v) is 4.25. The van der Waals surface area contributed by atoms with Crippen molar-refractivity contribution in [1.29, 1.82) is 0 Å². The second-order valence-corrected chi connectivity index (χ2v) is 8.47. The zero-order chi connectivity index (χ0) is 17.2. The molecule has 2 rings (SSSR count). The summed E-state index contributed by atoms with van der Waals surface area (Å²) in [6.07, 6.45) is 0. The van der Waals surface area contributed by atoms with Crippen molar-refractivity contribution in [3.8, 4) is 0 Å². The summed E-state index contributed by atoms with van der Waals surface area (Å²) in [5.74, 6) is -0.170. The second kappa shape index (κ2) is 7.38. The SMILES string of the molecule is Cc1ccc(S(=O)(=O)OCC(C)c2cc(Br)nnc2Br)c(C)c1. The molecule has 0 spiro atoms. The third kappa shape index (κ3) is 4.59. The smallest absolute Gasteiger partial charge is 0.266 e. The van der Waals surface area contributed by atoms with Gasteiger partial charge in [0.2, 0.25) is 0 Å². The zero-order valence-electron chi connectivity index (χ0n) is 12.9. The van der Waals surface area contributed by atoms with E-state index in [9.17, 15) is 8.42 Å². The Kier molecular flexibility index (Phi) is 5.94. The lowest BCUT2D eigenvalue weighted by Gasteiger charge is -2.14. The quantitative estimate of drug-likeness (QED) is 0.623. The van der Waals surface area contributed by atoms with Gasteiger partial charge in [0.05, 0.1) is 11.5 Å². The lowest BCUT2D eigenvalue weighted by Crippen LogP contribution is -2.14. The fourth-order valence-electron chi connectivity index (χ4n) is 2.14. The summed E-state index contributed by atoms with van der Waals surface area (Å²) in [6, 6.07) is 6.94. The van der Waals surface area contributed by atoms with Crippen molar-refractivity contribution in [3.05, 3.63) is 50.2 Å². The van der Waals surface area contributed by atoms with Gasteiger partial charge in [0.1, 0.15) is 9.21 Å². The van der Waals surface area contributed by atoms with Crippen LogP contribution in [0.4, 0.5) is 0 Å². The van der Waals surface area contributed by atoms with E-state index in [4.69, 9.17) is 4.18 Å². The number of aromatic nitrogens is 2. The first kappa shape index (κ1) is 18.5. The summed E-state index contributed by atoms with van der Waals surface area (Å²) in [6.45, 7) is 5.56. The lowest BCUT2D eigenvalue weighted by atomic mass is 10.1. The topological polar surface area (TPSA) is 69.2 Å². The maximum Gasteiger partial charge on any atom is 0.297 e. The van der Waals surface area contributed by atoms with E-state index in [0.717, 1.165) is 11.1 Å². The van der Waals surface area contributed by atoms with Crippen molar-refractivity contribution in [1.82, 2.24) is 10.2 Å². The summed E-state index contributed by atoms with van der Waals surface area (Å²) in [4.78, 5) is 0.198. The Bertz CT molecular complexity index is 825. The molecule has 23 heavy (non-hydrogen) atoms. The molecule has 0 aliphatic rings. The minimum atomic E-state index is -3.80. The van der Waals surface area contributed by atoms with Gasteiger partial charge in [-0.05, 0) is 69.0 Å². The van der Waals surface area contributed by atoms with Crippen LogP contribution in [0.15, 0.2) is 38.4 Å². The Balaban J connectivity index is 2.17. The van der Waals surface area contributed by atoms with Crippen molar-refractivity contribution in [2.75, 3.05) is 6.61 Å². The van der Waals surface area contributed by atoms with Gasteiger partial charge in [0.15, 0.2) is 0 Å².